The number of anilines is 1. The number of nitrogens with zero attached hydrogens (tertiary/aromatic N) is 1. The minimum absolute atomic E-state index is 0.0365. The summed E-state index contributed by atoms with van der Waals surface area (Å²) in [6.45, 7) is 1.86. The molecule has 0 aliphatic rings. The van der Waals surface area contributed by atoms with Crippen molar-refractivity contribution >= 4 is 27.3 Å². The summed E-state index contributed by atoms with van der Waals surface area (Å²) in [6, 6.07) is 12.0. The van der Waals surface area contributed by atoms with Gasteiger partial charge in [0, 0.05) is 22.5 Å². The number of benzene rings is 2. The van der Waals surface area contributed by atoms with E-state index in [1.165, 1.54) is 24.4 Å². The number of nitrogens with one attached hydrogen (secondary N) is 2. The van der Waals surface area contributed by atoms with Gasteiger partial charge in [0.25, 0.3) is 10.0 Å². The molecule has 0 atom stereocenters. The first-order chi connectivity index (χ1) is 12.3. The number of sulfonamides is 1. The van der Waals surface area contributed by atoms with E-state index in [1.54, 1.807) is 24.3 Å². The molecule has 0 fully saturated rings. The van der Waals surface area contributed by atoms with Gasteiger partial charge in [-0.1, -0.05) is 17.7 Å². The average molecular weight is 390 g/mol. The first kappa shape index (κ1) is 18.0. The zero-order valence-corrected chi connectivity index (χ0v) is 15.1. The molecule has 0 bridgehead atoms. The van der Waals surface area contributed by atoms with Gasteiger partial charge in [-0.15, -0.1) is 0 Å². The summed E-state index contributed by atoms with van der Waals surface area (Å²) in [7, 11) is -3.99. The fourth-order valence-corrected chi connectivity index (χ4v) is 3.77. The topological polar surface area (TPSA) is 85.8 Å². The average Bonchev–Trinajstić information content (AvgIpc) is 3.07. The normalized spacial score (nSPS) is 11.2. The number of aromatic amines is 1. The second-order valence-corrected chi connectivity index (χ2v) is 7.74. The van der Waals surface area contributed by atoms with Crippen molar-refractivity contribution in [1.29, 1.82) is 5.26 Å². The first-order valence-corrected chi connectivity index (χ1v) is 9.34. The molecule has 2 N–H and O–H groups in total. The summed E-state index contributed by atoms with van der Waals surface area (Å²) >= 11 is 5.94. The predicted octanol–water partition coefficient (Wildman–Crippen LogP) is 4.46. The number of nitriles is 1. The Morgan fingerprint density at radius 1 is 1.19 bits per heavy atom. The fraction of sp³-hybridized carbons (Fsp3) is 0.0556. The Morgan fingerprint density at radius 3 is 2.62 bits per heavy atom. The molecule has 3 rings (SSSR count). The third kappa shape index (κ3) is 3.57. The fourth-order valence-electron chi connectivity index (χ4n) is 2.49. The van der Waals surface area contributed by atoms with Crippen molar-refractivity contribution in [2.75, 3.05) is 4.72 Å². The van der Waals surface area contributed by atoms with Crippen molar-refractivity contribution in [3.8, 4) is 17.3 Å². The van der Waals surface area contributed by atoms with Crippen LogP contribution >= 0.6 is 11.6 Å². The molecule has 132 valence electrons. The SMILES string of the molecule is Cc1cc(Cl)ccc1-c1cc(S(=O)(=O)Nc2ccc(C#N)cc2F)c[nH]1. The minimum atomic E-state index is -3.99. The number of aryl methyl sites for hydroxylation is 1. The summed E-state index contributed by atoms with van der Waals surface area (Å²) in [5.74, 6) is -0.822. The highest BCUT2D eigenvalue weighted by Gasteiger charge is 2.19. The molecule has 0 aliphatic heterocycles. The number of hydrogen-bond donors (Lipinski definition) is 2. The lowest BCUT2D eigenvalue weighted by Crippen LogP contribution is -2.13. The Bertz CT molecular complexity index is 1130. The molecule has 5 nitrogen and oxygen atoms in total. The molecule has 8 heteroatoms. The molecule has 0 amide bonds. The molecule has 26 heavy (non-hydrogen) atoms. The highest BCUT2D eigenvalue weighted by molar-refractivity contribution is 7.92. The van der Waals surface area contributed by atoms with Gasteiger partial charge in [0.1, 0.15) is 10.7 Å². The van der Waals surface area contributed by atoms with Crippen LogP contribution in [0, 0.1) is 24.1 Å². The van der Waals surface area contributed by atoms with E-state index in [2.05, 4.69) is 9.71 Å². The van der Waals surface area contributed by atoms with Crippen molar-refractivity contribution in [2.24, 2.45) is 0 Å². The molecule has 0 aliphatic carbocycles. The van der Waals surface area contributed by atoms with Crippen LogP contribution in [0.5, 0.6) is 0 Å². The molecule has 0 spiro atoms. The van der Waals surface area contributed by atoms with E-state index in [1.807, 2.05) is 6.92 Å². The maximum absolute atomic E-state index is 13.9. The van der Waals surface area contributed by atoms with Crippen LogP contribution in [0.15, 0.2) is 53.6 Å². The van der Waals surface area contributed by atoms with E-state index in [0.29, 0.717) is 10.7 Å². The number of H-pyrrole nitrogens is 1. The van der Waals surface area contributed by atoms with Crippen molar-refractivity contribution in [2.45, 2.75) is 11.8 Å². The van der Waals surface area contributed by atoms with E-state index in [9.17, 15) is 12.8 Å². The molecule has 2 aromatic carbocycles. The molecule has 0 saturated carbocycles. The van der Waals surface area contributed by atoms with Crippen LogP contribution in [0.1, 0.15) is 11.1 Å². The number of hydrogen-bond acceptors (Lipinski definition) is 3. The van der Waals surface area contributed by atoms with Gasteiger partial charge < -0.3 is 4.98 Å². The smallest absolute Gasteiger partial charge is 0.263 e. The second-order valence-electron chi connectivity index (χ2n) is 5.62. The predicted molar refractivity (Wildman–Crippen MR) is 97.9 cm³/mol. The third-order valence-electron chi connectivity index (χ3n) is 3.79. The first-order valence-electron chi connectivity index (χ1n) is 7.47. The Labute approximate surface area is 155 Å². The van der Waals surface area contributed by atoms with Gasteiger partial charge in [-0.25, -0.2) is 12.8 Å². The summed E-state index contributed by atoms with van der Waals surface area (Å²) in [4.78, 5) is 2.87. The van der Waals surface area contributed by atoms with Crippen molar-refractivity contribution in [1.82, 2.24) is 4.98 Å². The summed E-state index contributed by atoms with van der Waals surface area (Å²) < 4.78 is 41.2. The van der Waals surface area contributed by atoms with Gasteiger partial charge in [-0.3, -0.25) is 4.72 Å². The Morgan fingerprint density at radius 2 is 1.96 bits per heavy atom. The van der Waals surface area contributed by atoms with E-state index in [-0.39, 0.29) is 16.1 Å². The maximum atomic E-state index is 13.9. The number of aromatic nitrogens is 1. The molecule has 3 aromatic rings. The largest absolute Gasteiger partial charge is 0.360 e. The van der Waals surface area contributed by atoms with Crippen LogP contribution in [0.2, 0.25) is 5.02 Å². The van der Waals surface area contributed by atoms with E-state index < -0.39 is 15.8 Å². The van der Waals surface area contributed by atoms with Gasteiger partial charge in [0.15, 0.2) is 0 Å². The van der Waals surface area contributed by atoms with Crippen LogP contribution in [0.25, 0.3) is 11.3 Å². The molecule has 1 heterocycles. The Hall–Kier alpha value is -2.82. The van der Waals surface area contributed by atoms with Crippen molar-refractivity contribution in [3.05, 3.63) is 70.6 Å². The Kier molecular flexibility index (Phi) is 4.72. The van der Waals surface area contributed by atoms with E-state index in [4.69, 9.17) is 16.9 Å². The summed E-state index contributed by atoms with van der Waals surface area (Å²) in [5, 5.41) is 9.33. The van der Waals surface area contributed by atoms with Crippen LogP contribution in [-0.4, -0.2) is 13.4 Å². The molecule has 0 unspecified atom stereocenters. The van der Waals surface area contributed by atoms with Crippen LogP contribution in [0.4, 0.5) is 10.1 Å². The maximum Gasteiger partial charge on any atom is 0.263 e. The van der Waals surface area contributed by atoms with Crippen molar-refractivity contribution < 1.29 is 12.8 Å². The highest BCUT2D eigenvalue weighted by Crippen LogP contribution is 2.28. The van der Waals surface area contributed by atoms with Crippen LogP contribution in [0.3, 0.4) is 0 Å². The lowest BCUT2D eigenvalue weighted by Gasteiger charge is -2.07. The molecular formula is C18H13ClFN3O2S. The lowest BCUT2D eigenvalue weighted by atomic mass is 10.1. The molecule has 1 aromatic heterocycles. The number of halogens is 2. The van der Waals surface area contributed by atoms with Gasteiger partial charge in [-0.2, -0.15) is 5.26 Å². The Balaban J connectivity index is 1.92. The second kappa shape index (κ2) is 6.83. The zero-order chi connectivity index (χ0) is 18.9. The summed E-state index contributed by atoms with van der Waals surface area (Å²) in [6.07, 6.45) is 1.33. The third-order valence-corrected chi connectivity index (χ3v) is 5.37. The molecular weight excluding hydrogens is 377 g/mol. The highest BCUT2D eigenvalue weighted by atomic mass is 35.5. The van der Waals surface area contributed by atoms with Gasteiger partial charge in [0.05, 0.1) is 17.3 Å². The van der Waals surface area contributed by atoms with Crippen LogP contribution in [-0.2, 0) is 10.0 Å². The standard InChI is InChI=1S/C18H13ClFN3O2S/c1-11-6-13(19)3-4-15(11)18-8-14(10-22-18)26(24,25)23-17-5-2-12(9-21)7-16(17)20/h2-8,10,22-23H,1H3. The minimum Gasteiger partial charge on any atom is -0.360 e. The van der Waals surface area contributed by atoms with Crippen molar-refractivity contribution in [3.63, 3.8) is 0 Å². The van der Waals surface area contributed by atoms with Crippen LogP contribution < -0.4 is 4.72 Å². The summed E-state index contributed by atoms with van der Waals surface area (Å²) in [5.41, 5.74) is 2.16. The lowest BCUT2D eigenvalue weighted by molar-refractivity contribution is 0.598. The molecule has 0 saturated heterocycles. The van der Waals surface area contributed by atoms with E-state index >= 15 is 0 Å². The van der Waals surface area contributed by atoms with E-state index in [0.717, 1.165) is 17.2 Å². The quantitative estimate of drug-likeness (QED) is 0.690. The van der Waals surface area contributed by atoms with Gasteiger partial charge >= 0.3 is 0 Å². The van der Waals surface area contributed by atoms with Gasteiger partial charge in [-0.05, 0) is 48.9 Å². The zero-order valence-electron chi connectivity index (χ0n) is 13.5. The van der Waals surface area contributed by atoms with Gasteiger partial charge in [0.2, 0.25) is 0 Å². The molecule has 0 radical (unpaired) electrons. The number of rotatable bonds is 4. The monoisotopic (exact) mass is 389 g/mol.